The van der Waals surface area contributed by atoms with Gasteiger partial charge in [-0.25, -0.2) is 4.98 Å². The number of rotatable bonds is 5. The first-order valence-corrected chi connectivity index (χ1v) is 10.9. The van der Waals surface area contributed by atoms with Crippen molar-refractivity contribution in [2.45, 2.75) is 32.6 Å². The highest BCUT2D eigenvalue weighted by atomic mass is 35.5. The number of benzene rings is 1. The molecule has 7 nitrogen and oxygen atoms in total. The number of carbonyl (C=O) groups excluding carboxylic acids is 1. The number of amides is 1. The second-order valence-electron chi connectivity index (χ2n) is 7.18. The Morgan fingerprint density at radius 1 is 1.31 bits per heavy atom. The van der Waals surface area contributed by atoms with Gasteiger partial charge in [-0.1, -0.05) is 42.3 Å². The number of aromatic nitrogens is 3. The van der Waals surface area contributed by atoms with Crippen LogP contribution in [0, 0.1) is 5.92 Å². The Morgan fingerprint density at radius 2 is 2.10 bits per heavy atom. The number of carbonyl (C=O) groups is 1. The van der Waals surface area contributed by atoms with Crippen molar-refractivity contribution in [3.63, 3.8) is 0 Å². The van der Waals surface area contributed by atoms with Crippen LogP contribution in [0.25, 0.3) is 4.96 Å². The molecular weight excluding hydrogens is 410 g/mol. The topological polar surface area (TPSA) is 79.6 Å². The Kier molecular flexibility index (Phi) is 5.82. The van der Waals surface area contributed by atoms with Gasteiger partial charge in [0.25, 0.3) is 5.56 Å². The Balaban J connectivity index is 1.42. The summed E-state index contributed by atoms with van der Waals surface area (Å²) >= 11 is 7.40. The monoisotopic (exact) mass is 431 g/mol. The van der Waals surface area contributed by atoms with Crippen LogP contribution in [-0.4, -0.2) is 33.6 Å². The molecule has 1 saturated heterocycles. The number of anilines is 2. The number of halogens is 1. The Morgan fingerprint density at radius 3 is 2.83 bits per heavy atom. The molecule has 3 heterocycles. The molecule has 0 bridgehead atoms. The summed E-state index contributed by atoms with van der Waals surface area (Å²) in [5.74, 6) is -0.0464. The molecular formula is C20H22ClN5O2S. The van der Waals surface area contributed by atoms with Gasteiger partial charge in [-0.3, -0.25) is 9.59 Å². The van der Waals surface area contributed by atoms with Gasteiger partial charge in [0.15, 0.2) is 0 Å². The Hall–Kier alpha value is -2.45. The quantitative estimate of drug-likeness (QED) is 0.667. The first kappa shape index (κ1) is 19.8. The summed E-state index contributed by atoms with van der Waals surface area (Å²) in [7, 11) is 0. The van der Waals surface area contributed by atoms with Crippen LogP contribution in [0.4, 0.5) is 10.8 Å². The van der Waals surface area contributed by atoms with Crippen molar-refractivity contribution in [3.05, 3.63) is 51.4 Å². The zero-order valence-corrected chi connectivity index (χ0v) is 17.7. The molecule has 0 aliphatic carbocycles. The molecule has 0 atom stereocenters. The number of hydrogen-bond acceptors (Lipinski definition) is 6. The highest BCUT2D eigenvalue weighted by Gasteiger charge is 2.27. The van der Waals surface area contributed by atoms with Crippen LogP contribution in [0.15, 0.2) is 35.1 Å². The van der Waals surface area contributed by atoms with Gasteiger partial charge in [-0.15, -0.1) is 5.10 Å². The van der Waals surface area contributed by atoms with Crippen LogP contribution in [0.5, 0.6) is 0 Å². The minimum Gasteiger partial charge on any atom is -0.347 e. The highest BCUT2D eigenvalue weighted by Crippen LogP contribution is 2.27. The highest BCUT2D eigenvalue weighted by molar-refractivity contribution is 7.20. The molecule has 4 rings (SSSR count). The molecule has 0 saturated carbocycles. The van der Waals surface area contributed by atoms with Crippen LogP contribution in [0.2, 0.25) is 5.02 Å². The first-order chi connectivity index (χ1) is 14.0. The van der Waals surface area contributed by atoms with E-state index in [4.69, 9.17) is 11.6 Å². The van der Waals surface area contributed by atoms with Crippen LogP contribution in [0.1, 0.15) is 31.9 Å². The van der Waals surface area contributed by atoms with E-state index in [9.17, 15) is 9.59 Å². The smallest absolute Gasteiger partial charge is 0.275 e. The molecule has 1 amide bonds. The lowest BCUT2D eigenvalue weighted by molar-refractivity contribution is -0.120. The van der Waals surface area contributed by atoms with Crippen molar-refractivity contribution in [2.75, 3.05) is 23.3 Å². The molecule has 2 aromatic heterocycles. The molecule has 1 aromatic carbocycles. The molecule has 0 unspecified atom stereocenters. The van der Waals surface area contributed by atoms with Gasteiger partial charge >= 0.3 is 0 Å². The minimum absolute atomic E-state index is 0.0123. The van der Waals surface area contributed by atoms with Crippen molar-refractivity contribution in [1.29, 1.82) is 0 Å². The van der Waals surface area contributed by atoms with E-state index >= 15 is 0 Å². The van der Waals surface area contributed by atoms with Crippen LogP contribution < -0.4 is 15.8 Å². The van der Waals surface area contributed by atoms with E-state index in [1.54, 1.807) is 18.2 Å². The Labute approximate surface area is 177 Å². The number of piperidine rings is 1. The Bertz CT molecular complexity index is 1090. The standard InChI is InChI=1S/C20H22ClN5O2S/c1-2-4-15-12-17(27)26-19(23-15)29-20(24-26)25-9-7-13(8-10-25)18(28)22-16-6-3-5-14(21)11-16/h3,5-6,11-13H,2,4,7-10H2,1H3,(H,22,28). The van der Waals surface area contributed by atoms with Crippen LogP contribution in [-0.2, 0) is 11.2 Å². The third-order valence-electron chi connectivity index (χ3n) is 5.02. The molecule has 0 radical (unpaired) electrons. The fourth-order valence-corrected chi connectivity index (χ4v) is 4.67. The number of aryl methyl sites for hydroxylation is 1. The summed E-state index contributed by atoms with van der Waals surface area (Å²) in [6.07, 6.45) is 3.18. The van der Waals surface area contributed by atoms with Gasteiger partial charge < -0.3 is 10.2 Å². The zero-order chi connectivity index (χ0) is 20.4. The van der Waals surface area contributed by atoms with Gasteiger partial charge in [-0.05, 0) is 37.5 Å². The van der Waals surface area contributed by atoms with Gasteiger partial charge in [0.1, 0.15) is 0 Å². The predicted molar refractivity (Wildman–Crippen MR) is 116 cm³/mol. The number of nitrogens with zero attached hydrogens (tertiary/aromatic N) is 4. The second-order valence-corrected chi connectivity index (χ2v) is 8.55. The molecule has 1 aliphatic rings. The zero-order valence-electron chi connectivity index (χ0n) is 16.1. The largest absolute Gasteiger partial charge is 0.347 e. The number of nitrogens with one attached hydrogen (secondary N) is 1. The van der Waals surface area contributed by atoms with Gasteiger partial charge in [0, 0.05) is 41.5 Å². The normalized spacial score (nSPS) is 15.0. The molecule has 1 N–H and O–H groups in total. The average Bonchev–Trinajstić information content (AvgIpc) is 3.13. The second kappa shape index (κ2) is 8.51. The molecule has 152 valence electrons. The predicted octanol–water partition coefficient (Wildman–Crippen LogP) is 3.61. The van der Waals surface area contributed by atoms with Crippen molar-refractivity contribution in [2.24, 2.45) is 5.92 Å². The lowest BCUT2D eigenvalue weighted by atomic mass is 9.96. The average molecular weight is 432 g/mol. The maximum absolute atomic E-state index is 12.6. The van der Waals surface area contributed by atoms with Gasteiger partial charge in [0.2, 0.25) is 16.0 Å². The third-order valence-corrected chi connectivity index (χ3v) is 6.23. The molecule has 1 aliphatic heterocycles. The summed E-state index contributed by atoms with van der Waals surface area (Å²) in [5.41, 5.74) is 1.38. The summed E-state index contributed by atoms with van der Waals surface area (Å²) in [6.45, 7) is 3.49. The van der Waals surface area contributed by atoms with Crippen molar-refractivity contribution >= 4 is 44.6 Å². The fourth-order valence-electron chi connectivity index (χ4n) is 3.50. The summed E-state index contributed by atoms with van der Waals surface area (Å²) in [4.78, 5) is 32.2. The van der Waals surface area contributed by atoms with Gasteiger partial charge in [0.05, 0.1) is 0 Å². The molecule has 1 fully saturated rings. The lowest BCUT2D eigenvalue weighted by Gasteiger charge is -2.30. The van der Waals surface area contributed by atoms with E-state index in [-0.39, 0.29) is 17.4 Å². The maximum Gasteiger partial charge on any atom is 0.275 e. The summed E-state index contributed by atoms with van der Waals surface area (Å²) in [6, 6.07) is 8.73. The van der Waals surface area contributed by atoms with Crippen molar-refractivity contribution in [3.8, 4) is 0 Å². The molecule has 0 spiro atoms. The van der Waals surface area contributed by atoms with E-state index in [0.717, 1.165) is 36.5 Å². The molecule has 3 aromatic rings. The van der Waals surface area contributed by atoms with Crippen LogP contribution in [0.3, 0.4) is 0 Å². The van der Waals surface area contributed by atoms with Crippen molar-refractivity contribution in [1.82, 2.24) is 14.6 Å². The number of fused-ring (bicyclic) bond motifs is 1. The third kappa shape index (κ3) is 4.43. The van der Waals surface area contributed by atoms with E-state index < -0.39 is 0 Å². The number of hydrogen-bond donors (Lipinski definition) is 1. The first-order valence-electron chi connectivity index (χ1n) is 9.74. The van der Waals surface area contributed by atoms with E-state index in [1.165, 1.54) is 15.9 Å². The lowest BCUT2D eigenvalue weighted by Crippen LogP contribution is -2.38. The fraction of sp³-hybridized carbons (Fsp3) is 0.400. The van der Waals surface area contributed by atoms with E-state index in [2.05, 4.69) is 27.2 Å². The molecule has 29 heavy (non-hydrogen) atoms. The van der Waals surface area contributed by atoms with E-state index in [1.807, 2.05) is 12.1 Å². The van der Waals surface area contributed by atoms with E-state index in [0.29, 0.717) is 28.8 Å². The summed E-state index contributed by atoms with van der Waals surface area (Å²) in [5, 5.41) is 8.77. The molecule has 9 heteroatoms. The minimum atomic E-state index is -0.142. The van der Waals surface area contributed by atoms with Gasteiger partial charge in [-0.2, -0.15) is 4.52 Å². The van der Waals surface area contributed by atoms with Crippen LogP contribution >= 0.6 is 22.9 Å². The SMILES string of the molecule is CCCc1cc(=O)n2nc(N3CCC(C(=O)Nc4cccc(Cl)c4)CC3)sc2n1. The van der Waals surface area contributed by atoms with Crippen molar-refractivity contribution < 1.29 is 4.79 Å². The summed E-state index contributed by atoms with van der Waals surface area (Å²) < 4.78 is 1.37. The maximum atomic E-state index is 12.6.